The number of hydrogen-bond acceptors (Lipinski definition) is 5. The number of rotatable bonds is 5. The summed E-state index contributed by atoms with van der Waals surface area (Å²) < 4.78 is 29.9. The molecule has 4 rings (SSSR count). The summed E-state index contributed by atoms with van der Waals surface area (Å²) in [6.07, 6.45) is 1.74. The fraction of sp³-hybridized carbons (Fsp3) is 0.0476. The van der Waals surface area contributed by atoms with Crippen molar-refractivity contribution < 1.29 is 23.2 Å². The van der Waals surface area contributed by atoms with Crippen molar-refractivity contribution in [2.24, 2.45) is 0 Å². The molecule has 5 nitrogen and oxygen atoms in total. The molecule has 29 heavy (non-hydrogen) atoms. The summed E-state index contributed by atoms with van der Waals surface area (Å²) in [7, 11) is -2.85. The maximum atomic E-state index is 12.7. The minimum absolute atomic E-state index is 0.230. The topological polar surface area (TPSA) is 65.0 Å². The second-order valence-electron chi connectivity index (χ2n) is 6.09. The molecular formula is C21H16BrO5PS. The molecule has 0 bridgehead atoms. The van der Waals surface area contributed by atoms with Gasteiger partial charge in [0, 0.05) is 14.9 Å². The van der Waals surface area contributed by atoms with E-state index < -0.39 is 7.82 Å². The van der Waals surface area contributed by atoms with Crippen LogP contribution >= 0.6 is 35.5 Å². The van der Waals surface area contributed by atoms with E-state index in [0.717, 1.165) is 19.8 Å². The van der Waals surface area contributed by atoms with Gasteiger partial charge in [0.15, 0.2) is 0 Å². The van der Waals surface area contributed by atoms with Gasteiger partial charge in [-0.25, -0.2) is 4.57 Å². The van der Waals surface area contributed by atoms with Crippen LogP contribution in [-0.4, -0.2) is 12.0 Å². The lowest BCUT2D eigenvalue weighted by Gasteiger charge is -2.18. The summed E-state index contributed by atoms with van der Waals surface area (Å²) in [5.74, 6) is 1.12. The first kappa shape index (κ1) is 20.1. The molecule has 8 heteroatoms. The molecule has 1 aliphatic heterocycles. The minimum Gasteiger partial charge on any atom is -0.496 e. The van der Waals surface area contributed by atoms with Crippen molar-refractivity contribution in [3.63, 3.8) is 0 Å². The Hall–Kier alpha value is -2.18. The Bertz CT molecular complexity index is 1130. The quantitative estimate of drug-likeness (QED) is 0.405. The standard InChI is InChI=1S/C21H16BrO5PS/c1-25-18-7-4-6-17-19(13-14-5-2-3-8-20(14)29-21(17)18)27-28(23,24)26-16-11-9-15(22)10-12-16/h2-13H,1H3,(H,23,24). The third-order valence-corrected chi connectivity index (χ3v) is 6.74. The lowest BCUT2D eigenvalue weighted by Crippen LogP contribution is -1.99. The van der Waals surface area contributed by atoms with E-state index in [4.69, 9.17) is 13.8 Å². The number of phosphoric ester groups is 1. The van der Waals surface area contributed by atoms with Crippen LogP contribution in [-0.2, 0) is 9.09 Å². The Morgan fingerprint density at radius 2 is 1.72 bits per heavy atom. The molecule has 1 heterocycles. The normalized spacial score (nSPS) is 14.5. The smallest absolute Gasteiger partial charge is 0.496 e. The molecule has 148 valence electrons. The van der Waals surface area contributed by atoms with Crippen molar-refractivity contribution in [1.82, 2.24) is 0 Å². The van der Waals surface area contributed by atoms with Gasteiger partial charge in [0.2, 0.25) is 0 Å². The molecule has 0 radical (unpaired) electrons. The maximum absolute atomic E-state index is 12.7. The van der Waals surface area contributed by atoms with Crippen molar-refractivity contribution in [2.45, 2.75) is 9.79 Å². The van der Waals surface area contributed by atoms with Crippen molar-refractivity contribution in [3.8, 4) is 11.5 Å². The van der Waals surface area contributed by atoms with Gasteiger partial charge < -0.3 is 13.8 Å². The number of phosphoric acid groups is 1. The van der Waals surface area contributed by atoms with Gasteiger partial charge in [0.1, 0.15) is 17.3 Å². The molecule has 3 aromatic rings. The number of ether oxygens (including phenoxy) is 1. The Morgan fingerprint density at radius 3 is 2.48 bits per heavy atom. The fourth-order valence-corrected chi connectivity index (χ4v) is 5.08. The molecule has 1 aliphatic rings. The van der Waals surface area contributed by atoms with Gasteiger partial charge in [-0.3, -0.25) is 4.89 Å². The van der Waals surface area contributed by atoms with E-state index in [2.05, 4.69) is 15.9 Å². The van der Waals surface area contributed by atoms with E-state index in [9.17, 15) is 9.46 Å². The number of fused-ring (bicyclic) bond motifs is 2. The van der Waals surface area contributed by atoms with E-state index in [-0.39, 0.29) is 11.5 Å². The van der Waals surface area contributed by atoms with Crippen molar-refractivity contribution in [3.05, 3.63) is 82.3 Å². The SMILES string of the molecule is COc1cccc2c1Sc1ccccc1C=C2OP(=O)(O)Oc1ccc(Br)cc1. The molecule has 0 amide bonds. The van der Waals surface area contributed by atoms with Gasteiger partial charge in [-0.1, -0.05) is 52.0 Å². The Morgan fingerprint density at radius 1 is 0.966 bits per heavy atom. The van der Waals surface area contributed by atoms with E-state index in [1.54, 1.807) is 37.5 Å². The largest absolute Gasteiger partial charge is 0.584 e. The highest BCUT2D eigenvalue weighted by Crippen LogP contribution is 2.52. The van der Waals surface area contributed by atoms with Crippen LogP contribution in [0.3, 0.4) is 0 Å². The Balaban J connectivity index is 1.74. The molecule has 3 aromatic carbocycles. The van der Waals surface area contributed by atoms with Crippen LogP contribution in [0, 0.1) is 0 Å². The summed E-state index contributed by atoms with van der Waals surface area (Å²) in [4.78, 5) is 12.2. The number of halogens is 1. The molecule has 0 saturated carbocycles. The first-order valence-electron chi connectivity index (χ1n) is 8.59. The molecule has 1 atom stereocenters. The van der Waals surface area contributed by atoms with Gasteiger partial charge in [-0.15, -0.1) is 0 Å². The van der Waals surface area contributed by atoms with Crippen molar-refractivity contribution in [1.29, 1.82) is 0 Å². The van der Waals surface area contributed by atoms with E-state index in [1.165, 1.54) is 11.8 Å². The van der Waals surface area contributed by atoms with Gasteiger partial charge in [0.25, 0.3) is 0 Å². The molecule has 0 saturated heterocycles. The summed E-state index contributed by atoms with van der Waals surface area (Å²) in [6, 6.07) is 19.8. The highest BCUT2D eigenvalue weighted by atomic mass is 79.9. The van der Waals surface area contributed by atoms with Crippen LogP contribution in [0.1, 0.15) is 11.1 Å². The van der Waals surface area contributed by atoms with Crippen LogP contribution < -0.4 is 9.26 Å². The molecule has 1 N–H and O–H groups in total. The lowest BCUT2D eigenvalue weighted by atomic mass is 10.1. The van der Waals surface area contributed by atoms with Gasteiger partial charge in [0.05, 0.1) is 12.0 Å². The summed E-state index contributed by atoms with van der Waals surface area (Å²) in [5, 5.41) is 0. The van der Waals surface area contributed by atoms with Gasteiger partial charge in [-0.2, -0.15) is 0 Å². The number of methoxy groups -OCH3 is 1. The summed E-state index contributed by atoms with van der Waals surface area (Å²) in [5.41, 5.74) is 1.52. The summed E-state index contributed by atoms with van der Waals surface area (Å²) >= 11 is 4.83. The molecule has 0 fully saturated rings. The second-order valence-corrected chi connectivity index (χ2v) is 9.36. The molecule has 1 unspecified atom stereocenters. The van der Waals surface area contributed by atoms with Crippen molar-refractivity contribution in [2.75, 3.05) is 7.11 Å². The Kier molecular flexibility index (Phi) is 5.74. The predicted molar refractivity (Wildman–Crippen MR) is 117 cm³/mol. The second kappa shape index (κ2) is 8.28. The van der Waals surface area contributed by atoms with Crippen LogP contribution in [0.25, 0.3) is 11.8 Å². The highest BCUT2D eigenvalue weighted by Gasteiger charge is 2.30. The zero-order valence-corrected chi connectivity index (χ0v) is 18.5. The third kappa shape index (κ3) is 4.54. The first-order chi connectivity index (χ1) is 13.9. The zero-order valence-electron chi connectivity index (χ0n) is 15.2. The highest BCUT2D eigenvalue weighted by molar-refractivity contribution is 9.10. The third-order valence-electron chi connectivity index (χ3n) is 4.13. The number of hydrogen-bond donors (Lipinski definition) is 1. The molecule has 0 aromatic heterocycles. The van der Waals surface area contributed by atoms with E-state index in [1.807, 2.05) is 42.5 Å². The maximum Gasteiger partial charge on any atom is 0.584 e. The first-order valence-corrected chi connectivity index (χ1v) is 11.7. The zero-order chi connectivity index (χ0) is 20.4. The van der Waals surface area contributed by atoms with E-state index in [0.29, 0.717) is 11.3 Å². The number of benzene rings is 3. The van der Waals surface area contributed by atoms with Crippen LogP contribution in [0.2, 0.25) is 0 Å². The van der Waals surface area contributed by atoms with Gasteiger partial charge in [-0.05, 0) is 54.1 Å². The van der Waals surface area contributed by atoms with Crippen LogP contribution in [0.15, 0.2) is 81.0 Å². The van der Waals surface area contributed by atoms with Crippen LogP contribution in [0.5, 0.6) is 11.5 Å². The monoisotopic (exact) mass is 490 g/mol. The average molecular weight is 491 g/mol. The summed E-state index contributed by atoms with van der Waals surface area (Å²) in [6.45, 7) is 0. The predicted octanol–water partition coefficient (Wildman–Crippen LogP) is 6.62. The van der Waals surface area contributed by atoms with Crippen LogP contribution in [0.4, 0.5) is 0 Å². The fourth-order valence-electron chi connectivity index (χ4n) is 2.84. The van der Waals surface area contributed by atoms with Gasteiger partial charge >= 0.3 is 7.82 Å². The van der Waals surface area contributed by atoms with Crippen molar-refractivity contribution >= 4 is 47.3 Å². The average Bonchev–Trinajstić information content (AvgIpc) is 2.85. The molecule has 0 spiro atoms. The molecule has 0 aliphatic carbocycles. The van der Waals surface area contributed by atoms with E-state index >= 15 is 0 Å². The lowest BCUT2D eigenvalue weighted by molar-refractivity contribution is 0.277. The Labute approximate surface area is 181 Å². The molecular weight excluding hydrogens is 475 g/mol. The minimum atomic E-state index is -4.44.